The summed E-state index contributed by atoms with van der Waals surface area (Å²) in [6.07, 6.45) is 11.5. The first-order chi connectivity index (χ1) is 17.1. The number of esters is 2. The molecule has 0 amide bonds. The Kier molecular flexibility index (Phi) is 11.1. The van der Waals surface area contributed by atoms with Gasteiger partial charge in [0.2, 0.25) is 6.10 Å². The molecule has 0 aliphatic carbocycles. The fourth-order valence-electron chi connectivity index (χ4n) is 4.38. The molecule has 0 spiro atoms. The van der Waals surface area contributed by atoms with Gasteiger partial charge in [-0.25, -0.2) is 9.59 Å². The first kappa shape index (κ1) is 26.8. The minimum atomic E-state index is -0.808. The van der Waals surface area contributed by atoms with Gasteiger partial charge in [-0.05, 0) is 48.2 Å². The van der Waals surface area contributed by atoms with E-state index in [4.69, 9.17) is 14.2 Å². The first-order valence-corrected chi connectivity index (χ1v) is 13.4. The van der Waals surface area contributed by atoms with Gasteiger partial charge < -0.3 is 14.2 Å². The quantitative estimate of drug-likeness (QED) is 0.195. The maximum Gasteiger partial charge on any atom is 0.347 e. The number of benzene rings is 2. The Morgan fingerprint density at radius 3 is 2.06 bits per heavy atom. The Morgan fingerprint density at radius 2 is 1.43 bits per heavy atom. The summed E-state index contributed by atoms with van der Waals surface area (Å²) in [6, 6.07) is 15.3. The Labute approximate surface area is 210 Å². The van der Waals surface area contributed by atoms with Crippen molar-refractivity contribution in [3.05, 3.63) is 54.1 Å². The van der Waals surface area contributed by atoms with Gasteiger partial charge in [-0.1, -0.05) is 89.5 Å². The van der Waals surface area contributed by atoms with Crippen molar-refractivity contribution in [1.29, 1.82) is 0 Å². The summed E-state index contributed by atoms with van der Waals surface area (Å²) >= 11 is 0. The van der Waals surface area contributed by atoms with Crippen molar-refractivity contribution in [2.24, 2.45) is 0 Å². The second kappa shape index (κ2) is 14.6. The molecular formula is C30H40O5. The molecule has 2 atom stereocenters. The van der Waals surface area contributed by atoms with E-state index in [-0.39, 0.29) is 6.10 Å². The van der Waals surface area contributed by atoms with Crippen LogP contribution < -0.4 is 4.74 Å². The summed E-state index contributed by atoms with van der Waals surface area (Å²) in [5.41, 5.74) is 2.47. The first-order valence-electron chi connectivity index (χ1n) is 13.4. The summed E-state index contributed by atoms with van der Waals surface area (Å²) in [7, 11) is 0. The Balaban J connectivity index is 1.40. The van der Waals surface area contributed by atoms with Crippen LogP contribution in [0.1, 0.15) is 94.8 Å². The van der Waals surface area contributed by atoms with E-state index >= 15 is 0 Å². The van der Waals surface area contributed by atoms with Crippen molar-refractivity contribution in [2.45, 2.75) is 96.7 Å². The molecule has 0 aromatic heterocycles. The summed E-state index contributed by atoms with van der Waals surface area (Å²) in [5, 5.41) is 0. The average Bonchev–Trinajstić information content (AvgIpc) is 3.22. The zero-order valence-electron chi connectivity index (χ0n) is 21.3. The average molecular weight is 481 g/mol. The highest BCUT2D eigenvalue weighted by molar-refractivity contribution is 5.92. The molecule has 3 rings (SSSR count). The highest BCUT2D eigenvalue weighted by Gasteiger charge is 2.37. The predicted octanol–water partition coefficient (Wildman–Crippen LogP) is 7.51. The summed E-state index contributed by atoms with van der Waals surface area (Å²) < 4.78 is 16.6. The largest absolute Gasteiger partial charge is 0.494 e. The van der Waals surface area contributed by atoms with Crippen LogP contribution in [0.2, 0.25) is 0 Å². The van der Waals surface area contributed by atoms with Gasteiger partial charge in [0.25, 0.3) is 0 Å². The molecule has 0 saturated carbocycles. The van der Waals surface area contributed by atoms with Gasteiger partial charge in [-0.3, -0.25) is 0 Å². The number of hydrogen-bond acceptors (Lipinski definition) is 5. The van der Waals surface area contributed by atoms with Crippen molar-refractivity contribution in [2.75, 3.05) is 6.61 Å². The smallest absolute Gasteiger partial charge is 0.347 e. The third-order valence-corrected chi connectivity index (χ3v) is 6.46. The Bertz CT molecular complexity index is 903. The summed E-state index contributed by atoms with van der Waals surface area (Å²) in [5.74, 6) is -0.0692. The van der Waals surface area contributed by atoms with Crippen LogP contribution in [-0.2, 0) is 14.3 Å². The van der Waals surface area contributed by atoms with E-state index < -0.39 is 18.0 Å². The lowest BCUT2D eigenvalue weighted by molar-refractivity contribution is -0.147. The molecule has 0 N–H and O–H groups in total. The maximum absolute atomic E-state index is 12.5. The molecule has 0 bridgehead atoms. The minimum Gasteiger partial charge on any atom is -0.494 e. The molecule has 0 radical (unpaired) electrons. The monoisotopic (exact) mass is 480 g/mol. The lowest BCUT2D eigenvalue weighted by Gasteiger charge is -2.10. The molecule has 1 fully saturated rings. The van der Waals surface area contributed by atoms with Crippen LogP contribution in [0.25, 0.3) is 11.1 Å². The molecule has 1 heterocycles. The van der Waals surface area contributed by atoms with Gasteiger partial charge in [0.1, 0.15) is 11.9 Å². The van der Waals surface area contributed by atoms with Gasteiger partial charge in [0.05, 0.1) is 12.2 Å². The molecular weight excluding hydrogens is 440 g/mol. The number of carbonyl (C=O) groups excluding carboxylic acids is 2. The predicted molar refractivity (Wildman–Crippen MR) is 139 cm³/mol. The molecule has 0 unspecified atom stereocenters. The van der Waals surface area contributed by atoms with Crippen LogP contribution in [0.4, 0.5) is 0 Å². The zero-order valence-corrected chi connectivity index (χ0v) is 21.3. The van der Waals surface area contributed by atoms with E-state index in [0.717, 1.165) is 42.7 Å². The van der Waals surface area contributed by atoms with Crippen molar-refractivity contribution in [3.63, 3.8) is 0 Å². The molecule has 2 aromatic rings. The fraction of sp³-hybridized carbons (Fsp3) is 0.533. The van der Waals surface area contributed by atoms with Crippen LogP contribution >= 0.6 is 0 Å². The molecule has 5 heteroatoms. The minimum absolute atomic E-state index is 0.153. The SMILES string of the molecule is CCCCCCCCCCOc1ccc(-c2ccc(C(=O)O[C@H]3C[C@@H](CCC)OC3=O)cc2)cc1. The number of rotatable bonds is 15. The third kappa shape index (κ3) is 8.72. The Morgan fingerprint density at radius 1 is 0.829 bits per heavy atom. The standard InChI is InChI=1S/C30H40O5/c1-3-5-6-7-8-9-10-11-21-33-26-19-17-24(18-20-26)23-13-15-25(16-14-23)29(31)35-28-22-27(12-4-2)34-30(28)32/h13-20,27-28H,3-12,21-22H2,1-2H3/t27-,28+/m1/s1. The second-order valence-electron chi connectivity index (χ2n) is 9.40. The zero-order chi connectivity index (χ0) is 24.9. The number of ether oxygens (including phenoxy) is 3. The highest BCUT2D eigenvalue weighted by atomic mass is 16.6. The molecule has 2 aromatic carbocycles. The van der Waals surface area contributed by atoms with Crippen molar-refractivity contribution in [3.8, 4) is 16.9 Å². The molecule has 1 aliphatic heterocycles. The second-order valence-corrected chi connectivity index (χ2v) is 9.40. The molecule has 35 heavy (non-hydrogen) atoms. The molecule has 5 nitrogen and oxygen atoms in total. The summed E-state index contributed by atoms with van der Waals surface area (Å²) in [4.78, 5) is 24.4. The van der Waals surface area contributed by atoms with E-state index in [9.17, 15) is 9.59 Å². The third-order valence-electron chi connectivity index (χ3n) is 6.46. The summed E-state index contributed by atoms with van der Waals surface area (Å²) in [6.45, 7) is 5.03. The lowest BCUT2D eigenvalue weighted by Crippen LogP contribution is -2.22. The van der Waals surface area contributed by atoms with E-state index in [2.05, 4.69) is 6.92 Å². The Hall–Kier alpha value is -2.82. The number of unbranched alkanes of at least 4 members (excludes halogenated alkanes) is 7. The van der Waals surface area contributed by atoms with Crippen LogP contribution in [0, 0.1) is 0 Å². The highest BCUT2D eigenvalue weighted by Crippen LogP contribution is 2.25. The van der Waals surface area contributed by atoms with Crippen molar-refractivity contribution >= 4 is 11.9 Å². The van der Waals surface area contributed by atoms with E-state index in [1.165, 1.54) is 44.9 Å². The molecule has 1 aliphatic rings. The van der Waals surface area contributed by atoms with Crippen LogP contribution in [-0.4, -0.2) is 30.8 Å². The van der Waals surface area contributed by atoms with E-state index in [0.29, 0.717) is 12.0 Å². The topological polar surface area (TPSA) is 61.8 Å². The van der Waals surface area contributed by atoms with Gasteiger partial charge in [-0.15, -0.1) is 0 Å². The van der Waals surface area contributed by atoms with Crippen LogP contribution in [0.5, 0.6) is 5.75 Å². The fourth-order valence-corrected chi connectivity index (χ4v) is 4.38. The molecule has 190 valence electrons. The normalized spacial score (nSPS) is 17.3. The number of cyclic esters (lactones) is 1. The van der Waals surface area contributed by atoms with Crippen LogP contribution in [0.15, 0.2) is 48.5 Å². The van der Waals surface area contributed by atoms with Gasteiger partial charge in [0.15, 0.2) is 0 Å². The van der Waals surface area contributed by atoms with Crippen molar-refractivity contribution < 1.29 is 23.8 Å². The van der Waals surface area contributed by atoms with Gasteiger partial charge in [0, 0.05) is 6.42 Å². The van der Waals surface area contributed by atoms with Crippen LogP contribution in [0.3, 0.4) is 0 Å². The van der Waals surface area contributed by atoms with Gasteiger partial charge in [-0.2, -0.15) is 0 Å². The number of carbonyl (C=O) groups is 2. The number of hydrogen-bond donors (Lipinski definition) is 0. The lowest BCUT2D eigenvalue weighted by atomic mass is 10.0. The van der Waals surface area contributed by atoms with E-state index in [1.807, 2.05) is 43.3 Å². The molecule has 1 saturated heterocycles. The maximum atomic E-state index is 12.5. The van der Waals surface area contributed by atoms with Crippen molar-refractivity contribution in [1.82, 2.24) is 0 Å². The van der Waals surface area contributed by atoms with E-state index in [1.54, 1.807) is 12.1 Å². The van der Waals surface area contributed by atoms with Gasteiger partial charge >= 0.3 is 11.9 Å².